The average Bonchev–Trinajstić information content (AvgIpc) is 2.21. The van der Waals surface area contributed by atoms with E-state index in [9.17, 15) is 10.2 Å². The van der Waals surface area contributed by atoms with Gasteiger partial charge in [0, 0.05) is 12.6 Å². The molecule has 0 radical (unpaired) electrons. The largest absolute Gasteiger partial charge is 0.504 e. The number of hydrogen-bond acceptors (Lipinski definition) is 4. The van der Waals surface area contributed by atoms with Gasteiger partial charge in [0.2, 0.25) is 0 Å². The van der Waals surface area contributed by atoms with Gasteiger partial charge >= 0.3 is 0 Å². The Morgan fingerprint density at radius 2 is 1.88 bits per heavy atom. The lowest BCUT2D eigenvalue weighted by Gasteiger charge is -2.14. The van der Waals surface area contributed by atoms with Crippen LogP contribution in [0.25, 0.3) is 0 Å². The Hall–Kier alpha value is -1.26. The highest BCUT2D eigenvalue weighted by Crippen LogP contribution is 2.25. The van der Waals surface area contributed by atoms with Crippen LogP contribution in [-0.2, 0) is 6.42 Å². The molecular formula is C12H19NO3. The number of nitrogens with one attached hydrogen (secondary N) is 1. The van der Waals surface area contributed by atoms with Gasteiger partial charge < -0.3 is 20.6 Å². The number of aliphatic hydroxyl groups is 1. The number of aromatic hydroxyl groups is 2. The van der Waals surface area contributed by atoms with Crippen LogP contribution >= 0.6 is 0 Å². The molecule has 0 aliphatic carbocycles. The molecule has 0 amide bonds. The monoisotopic (exact) mass is 225 g/mol. The molecule has 1 rings (SSSR count). The first-order valence-corrected chi connectivity index (χ1v) is 5.41. The molecule has 1 unspecified atom stereocenters. The van der Waals surface area contributed by atoms with Crippen LogP contribution in [0.3, 0.4) is 0 Å². The van der Waals surface area contributed by atoms with Gasteiger partial charge in [0.25, 0.3) is 0 Å². The lowest BCUT2D eigenvalue weighted by atomic mass is 10.1. The van der Waals surface area contributed by atoms with Gasteiger partial charge in [-0.2, -0.15) is 0 Å². The minimum absolute atomic E-state index is 0.140. The zero-order valence-electron chi connectivity index (χ0n) is 9.64. The second kappa shape index (κ2) is 5.72. The molecule has 4 N–H and O–H groups in total. The van der Waals surface area contributed by atoms with Crippen molar-refractivity contribution in [3.05, 3.63) is 23.8 Å². The molecule has 0 aliphatic heterocycles. The van der Waals surface area contributed by atoms with Crippen LogP contribution in [-0.4, -0.2) is 34.0 Å². The smallest absolute Gasteiger partial charge is 0.157 e. The van der Waals surface area contributed by atoms with Gasteiger partial charge in [0.15, 0.2) is 11.5 Å². The summed E-state index contributed by atoms with van der Waals surface area (Å²) in [5.74, 6) is -0.292. The van der Waals surface area contributed by atoms with Crippen molar-refractivity contribution in [3.8, 4) is 11.5 Å². The highest BCUT2D eigenvalue weighted by atomic mass is 16.3. The maximum atomic E-state index is 9.71. The van der Waals surface area contributed by atoms with E-state index < -0.39 is 6.10 Å². The molecule has 0 saturated heterocycles. The number of aliphatic hydroxyl groups excluding tert-OH is 1. The van der Waals surface area contributed by atoms with E-state index in [1.165, 1.54) is 12.1 Å². The van der Waals surface area contributed by atoms with Gasteiger partial charge in [-0.05, 0) is 24.1 Å². The molecule has 0 saturated carbocycles. The van der Waals surface area contributed by atoms with E-state index in [0.717, 1.165) is 5.56 Å². The Balaban J connectivity index is 2.49. The Bertz CT molecular complexity index is 339. The molecule has 1 atom stereocenters. The summed E-state index contributed by atoms with van der Waals surface area (Å²) in [6.07, 6.45) is -0.0422. The van der Waals surface area contributed by atoms with Gasteiger partial charge in [-0.1, -0.05) is 19.9 Å². The molecule has 90 valence electrons. The van der Waals surface area contributed by atoms with Crippen LogP contribution in [0.4, 0.5) is 0 Å². The number of benzene rings is 1. The molecule has 0 aliphatic rings. The van der Waals surface area contributed by atoms with Crippen molar-refractivity contribution in [2.24, 2.45) is 0 Å². The molecular weight excluding hydrogens is 206 g/mol. The molecule has 16 heavy (non-hydrogen) atoms. The molecule has 0 aromatic heterocycles. The number of hydrogen-bond donors (Lipinski definition) is 4. The van der Waals surface area contributed by atoms with Gasteiger partial charge in [0.05, 0.1) is 6.10 Å². The maximum Gasteiger partial charge on any atom is 0.157 e. The summed E-state index contributed by atoms with van der Waals surface area (Å²) in [6, 6.07) is 4.91. The van der Waals surface area contributed by atoms with Gasteiger partial charge in [0.1, 0.15) is 0 Å². The van der Waals surface area contributed by atoms with Crippen LogP contribution in [0.15, 0.2) is 18.2 Å². The highest BCUT2D eigenvalue weighted by Gasteiger charge is 2.08. The van der Waals surface area contributed by atoms with Gasteiger partial charge in [-0.25, -0.2) is 0 Å². The fourth-order valence-corrected chi connectivity index (χ4v) is 1.41. The summed E-state index contributed by atoms with van der Waals surface area (Å²) in [5, 5.41) is 31.2. The fourth-order valence-electron chi connectivity index (χ4n) is 1.41. The normalized spacial score (nSPS) is 13.0. The summed E-state index contributed by atoms with van der Waals surface area (Å²) in [7, 11) is 0. The van der Waals surface area contributed by atoms with Crippen molar-refractivity contribution in [3.63, 3.8) is 0 Å². The van der Waals surface area contributed by atoms with E-state index in [1.807, 2.05) is 13.8 Å². The first-order valence-electron chi connectivity index (χ1n) is 5.41. The molecule has 4 nitrogen and oxygen atoms in total. The van der Waals surface area contributed by atoms with Crippen molar-refractivity contribution in [2.45, 2.75) is 32.4 Å². The van der Waals surface area contributed by atoms with Gasteiger partial charge in [-0.3, -0.25) is 0 Å². The summed E-state index contributed by atoms with van der Waals surface area (Å²) >= 11 is 0. The molecule has 0 bridgehead atoms. The van der Waals surface area contributed by atoms with E-state index in [-0.39, 0.29) is 11.5 Å². The molecule has 4 heteroatoms. The van der Waals surface area contributed by atoms with Gasteiger partial charge in [-0.15, -0.1) is 0 Å². The third kappa shape index (κ3) is 4.08. The first-order chi connectivity index (χ1) is 7.49. The second-order valence-corrected chi connectivity index (χ2v) is 4.24. The van der Waals surface area contributed by atoms with Crippen LogP contribution < -0.4 is 5.32 Å². The van der Waals surface area contributed by atoms with Crippen LogP contribution in [0.1, 0.15) is 19.4 Å². The standard InChI is InChI=1S/C12H19NO3/c1-8(2)13-7-10(14)5-9-3-4-11(15)12(16)6-9/h3-4,6,8,10,13-16H,5,7H2,1-2H3. The zero-order chi connectivity index (χ0) is 12.1. The van der Waals surface area contributed by atoms with E-state index in [2.05, 4.69) is 5.32 Å². The van der Waals surface area contributed by atoms with E-state index in [1.54, 1.807) is 6.07 Å². The topological polar surface area (TPSA) is 72.7 Å². The van der Waals surface area contributed by atoms with Crippen LogP contribution in [0.5, 0.6) is 11.5 Å². The van der Waals surface area contributed by atoms with Crippen molar-refractivity contribution in [1.29, 1.82) is 0 Å². The Kier molecular flexibility index (Phi) is 4.58. The summed E-state index contributed by atoms with van der Waals surface area (Å²) < 4.78 is 0. The Morgan fingerprint density at radius 1 is 1.19 bits per heavy atom. The number of phenols is 2. The lowest BCUT2D eigenvalue weighted by molar-refractivity contribution is 0.169. The quantitative estimate of drug-likeness (QED) is 0.564. The Morgan fingerprint density at radius 3 is 2.44 bits per heavy atom. The Labute approximate surface area is 95.6 Å². The minimum Gasteiger partial charge on any atom is -0.504 e. The third-order valence-corrected chi connectivity index (χ3v) is 2.27. The zero-order valence-corrected chi connectivity index (χ0v) is 9.64. The molecule has 1 aromatic carbocycles. The molecule has 1 aromatic rings. The van der Waals surface area contributed by atoms with Crippen molar-refractivity contribution < 1.29 is 15.3 Å². The summed E-state index contributed by atoms with van der Waals surface area (Å²) in [4.78, 5) is 0. The fraction of sp³-hybridized carbons (Fsp3) is 0.500. The predicted octanol–water partition coefficient (Wildman–Crippen LogP) is 0.999. The first kappa shape index (κ1) is 12.8. The molecule has 0 fully saturated rings. The van der Waals surface area contributed by atoms with Crippen molar-refractivity contribution >= 4 is 0 Å². The molecule has 0 heterocycles. The van der Waals surface area contributed by atoms with Crippen molar-refractivity contribution in [1.82, 2.24) is 5.32 Å². The van der Waals surface area contributed by atoms with E-state index in [4.69, 9.17) is 5.11 Å². The second-order valence-electron chi connectivity index (χ2n) is 4.24. The number of phenolic OH excluding ortho intramolecular Hbond substituents is 2. The maximum absolute atomic E-state index is 9.71. The van der Waals surface area contributed by atoms with Crippen LogP contribution in [0, 0.1) is 0 Å². The van der Waals surface area contributed by atoms with E-state index >= 15 is 0 Å². The van der Waals surface area contributed by atoms with Crippen LogP contribution in [0.2, 0.25) is 0 Å². The number of rotatable bonds is 5. The SMILES string of the molecule is CC(C)NCC(O)Cc1ccc(O)c(O)c1. The summed E-state index contributed by atoms with van der Waals surface area (Å²) in [5.41, 5.74) is 0.799. The van der Waals surface area contributed by atoms with E-state index in [0.29, 0.717) is 19.0 Å². The lowest BCUT2D eigenvalue weighted by Crippen LogP contribution is -2.32. The molecule has 0 spiro atoms. The average molecular weight is 225 g/mol. The van der Waals surface area contributed by atoms with Crippen molar-refractivity contribution in [2.75, 3.05) is 6.54 Å². The predicted molar refractivity (Wildman–Crippen MR) is 62.6 cm³/mol. The highest BCUT2D eigenvalue weighted by molar-refractivity contribution is 5.40. The minimum atomic E-state index is -0.494. The summed E-state index contributed by atoms with van der Waals surface area (Å²) in [6.45, 7) is 4.54. The third-order valence-electron chi connectivity index (χ3n) is 2.27.